The predicted octanol–water partition coefficient (Wildman–Crippen LogP) is 4.94. The molecule has 1 aliphatic carbocycles. The highest BCUT2D eigenvalue weighted by Gasteiger charge is 2.15. The molecule has 0 aromatic carbocycles. The first kappa shape index (κ1) is 14.8. The van der Waals surface area contributed by atoms with Crippen LogP contribution < -0.4 is 5.32 Å². The van der Waals surface area contributed by atoms with Crippen LogP contribution in [0.3, 0.4) is 0 Å². The number of hydrogen-bond acceptors (Lipinski definition) is 2. The quantitative estimate of drug-likeness (QED) is 0.726. The Morgan fingerprint density at radius 1 is 1.26 bits per heavy atom. The summed E-state index contributed by atoms with van der Waals surface area (Å²) in [5, 5.41) is 8.25. The Balaban J connectivity index is 2.01. The summed E-state index contributed by atoms with van der Waals surface area (Å²) in [7, 11) is 0. The SMILES string of the molecule is CCCNC(Cc1ccsc1)/C1=C/CCCCCC1. The molecule has 2 heteroatoms. The molecule has 0 fully saturated rings. The van der Waals surface area contributed by atoms with Crippen LogP contribution in [0.1, 0.15) is 57.4 Å². The second-order valence-electron chi connectivity index (χ2n) is 5.57. The maximum Gasteiger partial charge on any atom is 0.0320 e. The summed E-state index contributed by atoms with van der Waals surface area (Å²) in [6, 6.07) is 2.84. The Morgan fingerprint density at radius 2 is 2.16 bits per heavy atom. The largest absolute Gasteiger partial charge is 0.310 e. The molecule has 1 nitrogen and oxygen atoms in total. The molecule has 2 rings (SSSR count). The van der Waals surface area contributed by atoms with Crippen LogP contribution in [0.15, 0.2) is 28.5 Å². The van der Waals surface area contributed by atoms with E-state index in [-0.39, 0.29) is 0 Å². The molecule has 1 aromatic heterocycles. The van der Waals surface area contributed by atoms with Crippen LogP contribution in [0.2, 0.25) is 0 Å². The smallest absolute Gasteiger partial charge is 0.0320 e. The number of rotatable bonds is 6. The van der Waals surface area contributed by atoms with Crippen molar-refractivity contribution in [3.63, 3.8) is 0 Å². The molecule has 0 radical (unpaired) electrons. The van der Waals surface area contributed by atoms with Gasteiger partial charge in [0, 0.05) is 6.04 Å². The summed E-state index contributed by atoms with van der Waals surface area (Å²) in [5.41, 5.74) is 3.15. The highest BCUT2D eigenvalue weighted by molar-refractivity contribution is 7.07. The maximum atomic E-state index is 3.76. The van der Waals surface area contributed by atoms with Gasteiger partial charge in [-0.05, 0) is 67.5 Å². The normalized spacial score (nSPS) is 21.2. The lowest BCUT2D eigenvalue weighted by molar-refractivity contribution is 0.523. The highest BCUT2D eigenvalue weighted by Crippen LogP contribution is 2.22. The number of hydrogen-bond donors (Lipinski definition) is 1. The molecule has 1 aliphatic rings. The maximum absolute atomic E-state index is 3.76. The summed E-state index contributed by atoms with van der Waals surface area (Å²) < 4.78 is 0. The second-order valence-corrected chi connectivity index (χ2v) is 6.35. The minimum atomic E-state index is 0.563. The van der Waals surface area contributed by atoms with Gasteiger partial charge in [0.15, 0.2) is 0 Å². The topological polar surface area (TPSA) is 12.0 Å². The summed E-state index contributed by atoms with van der Waals surface area (Å²) in [5.74, 6) is 0. The Kier molecular flexibility index (Phi) is 6.66. The van der Waals surface area contributed by atoms with E-state index in [0.717, 1.165) is 13.0 Å². The third kappa shape index (κ3) is 5.12. The lowest BCUT2D eigenvalue weighted by atomic mass is 9.92. The van der Waals surface area contributed by atoms with Gasteiger partial charge in [0.1, 0.15) is 0 Å². The van der Waals surface area contributed by atoms with Crippen LogP contribution in [-0.2, 0) is 6.42 Å². The average Bonchev–Trinajstić information content (AvgIpc) is 2.87. The van der Waals surface area contributed by atoms with E-state index in [4.69, 9.17) is 0 Å². The van der Waals surface area contributed by atoms with E-state index in [0.29, 0.717) is 6.04 Å². The minimum absolute atomic E-state index is 0.563. The highest BCUT2D eigenvalue weighted by atomic mass is 32.1. The molecule has 1 aromatic rings. The molecule has 0 amide bonds. The fourth-order valence-corrected chi connectivity index (χ4v) is 3.51. The van der Waals surface area contributed by atoms with Crippen LogP contribution in [0.25, 0.3) is 0 Å². The van der Waals surface area contributed by atoms with Crippen molar-refractivity contribution in [1.82, 2.24) is 5.32 Å². The average molecular weight is 277 g/mol. The number of thiophene rings is 1. The predicted molar refractivity (Wildman–Crippen MR) is 85.9 cm³/mol. The zero-order valence-corrected chi connectivity index (χ0v) is 13.0. The van der Waals surface area contributed by atoms with E-state index >= 15 is 0 Å². The zero-order chi connectivity index (χ0) is 13.3. The number of allylic oxidation sites excluding steroid dienone is 1. The van der Waals surface area contributed by atoms with Crippen molar-refractivity contribution < 1.29 is 0 Å². The Bertz CT molecular complexity index is 367. The van der Waals surface area contributed by atoms with Crippen molar-refractivity contribution in [3.8, 4) is 0 Å². The summed E-state index contributed by atoms with van der Waals surface area (Å²) in [6.45, 7) is 3.38. The van der Waals surface area contributed by atoms with Gasteiger partial charge in [-0.3, -0.25) is 0 Å². The zero-order valence-electron chi connectivity index (χ0n) is 12.2. The van der Waals surface area contributed by atoms with E-state index < -0.39 is 0 Å². The number of nitrogens with one attached hydrogen (secondary N) is 1. The molecule has 19 heavy (non-hydrogen) atoms. The van der Waals surface area contributed by atoms with Crippen LogP contribution in [-0.4, -0.2) is 12.6 Å². The Hall–Kier alpha value is -0.600. The van der Waals surface area contributed by atoms with Crippen molar-refractivity contribution in [2.24, 2.45) is 0 Å². The third-order valence-electron chi connectivity index (χ3n) is 3.93. The van der Waals surface area contributed by atoms with E-state index in [2.05, 4.69) is 35.1 Å². The van der Waals surface area contributed by atoms with E-state index in [1.54, 1.807) is 5.57 Å². The summed E-state index contributed by atoms with van der Waals surface area (Å²) in [4.78, 5) is 0. The van der Waals surface area contributed by atoms with Gasteiger partial charge in [-0.15, -0.1) is 0 Å². The van der Waals surface area contributed by atoms with Gasteiger partial charge in [0.05, 0.1) is 0 Å². The van der Waals surface area contributed by atoms with Gasteiger partial charge in [-0.2, -0.15) is 11.3 Å². The van der Waals surface area contributed by atoms with E-state index in [1.165, 1.54) is 50.5 Å². The fraction of sp³-hybridized carbons (Fsp3) is 0.647. The van der Waals surface area contributed by atoms with Crippen LogP contribution in [0.4, 0.5) is 0 Å². The lowest BCUT2D eigenvalue weighted by Crippen LogP contribution is -2.33. The molecular weight excluding hydrogens is 250 g/mol. The molecule has 0 saturated heterocycles. The van der Waals surface area contributed by atoms with Gasteiger partial charge >= 0.3 is 0 Å². The van der Waals surface area contributed by atoms with Crippen molar-refractivity contribution in [2.45, 2.75) is 64.3 Å². The molecule has 0 spiro atoms. The van der Waals surface area contributed by atoms with E-state index in [1.807, 2.05) is 11.3 Å². The monoisotopic (exact) mass is 277 g/mol. The lowest BCUT2D eigenvalue weighted by Gasteiger charge is -2.23. The molecule has 0 saturated carbocycles. The first-order valence-electron chi connectivity index (χ1n) is 7.83. The second kappa shape index (κ2) is 8.55. The third-order valence-corrected chi connectivity index (χ3v) is 4.67. The molecule has 0 aliphatic heterocycles. The van der Waals surface area contributed by atoms with Crippen molar-refractivity contribution >= 4 is 11.3 Å². The summed E-state index contributed by atoms with van der Waals surface area (Å²) >= 11 is 1.81. The van der Waals surface area contributed by atoms with Gasteiger partial charge in [0.2, 0.25) is 0 Å². The van der Waals surface area contributed by atoms with E-state index in [9.17, 15) is 0 Å². The molecule has 1 N–H and O–H groups in total. The van der Waals surface area contributed by atoms with Gasteiger partial charge < -0.3 is 5.32 Å². The van der Waals surface area contributed by atoms with Crippen molar-refractivity contribution in [3.05, 3.63) is 34.0 Å². The molecule has 1 atom stereocenters. The molecule has 106 valence electrons. The molecule has 1 heterocycles. The standard InChI is InChI=1S/C17H27NS/c1-2-11-18-17(13-15-10-12-19-14-15)16-8-6-4-3-5-7-9-16/h8,10,12,14,17-18H,2-7,9,11,13H2,1H3/b16-8+. The van der Waals surface area contributed by atoms with Crippen LogP contribution in [0, 0.1) is 0 Å². The fourth-order valence-electron chi connectivity index (χ4n) is 2.83. The van der Waals surface area contributed by atoms with Crippen molar-refractivity contribution in [2.75, 3.05) is 6.54 Å². The minimum Gasteiger partial charge on any atom is -0.310 e. The first-order chi connectivity index (χ1) is 9.40. The van der Waals surface area contributed by atoms with Crippen LogP contribution >= 0.6 is 11.3 Å². The Morgan fingerprint density at radius 3 is 2.95 bits per heavy atom. The van der Waals surface area contributed by atoms with Gasteiger partial charge in [0.25, 0.3) is 0 Å². The summed E-state index contributed by atoms with van der Waals surface area (Å²) in [6.07, 6.45) is 13.1. The van der Waals surface area contributed by atoms with Gasteiger partial charge in [-0.25, -0.2) is 0 Å². The van der Waals surface area contributed by atoms with Gasteiger partial charge in [-0.1, -0.05) is 31.4 Å². The molecular formula is C17H27NS. The molecule has 0 bridgehead atoms. The Labute approximate surface area is 122 Å². The first-order valence-corrected chi connectivity index (χ1v) is 8.78. The van der Waals surface area contributed by atoms with Crippen molar-refractivity contribution in [1.29, 1.82) is 0 Å². The molecule has 1 unspecified atom stereocenters. The van der Waals surface area contributed by atoms with Crippen LogP contribution in [0.5, 0.6) is 0 Å².